The van der Waals surface area contributed by atoms with E-state index in [0.29, 0.717) is 11.5 Å². The molecule has 0 bridgehead atoms. The summed E-state index contributed by atoms with van der Waals surface area (Å²) in [7, 11) is 0. The smallest absolute Gasteiger partial charge is 0.122 e. The fourth-order valence-electron chi connectivity index (χ4n) is 6.62. The van der Waals surface area contributed by atoms with Crippen molar-refractivity contribution in [3.63, 3.8) is 0 Å². The Hall–Kier alpha value is -1.96. The minimum absolute atomic E-state index is 0.226. The van der Waals surface area contributed by atoms with Gasteiger partial charge in [0.15, 0.2) is 0 Å². The first-order valence-electron chi connectivity index (χ1n) is 13.4. The zero-order valence-electron chi connectivity index (χ0n) is 23.1. The van der Waals surface area contributed by atoms with Crippen molar-refractivity contribution >= 4 is 0 Å². The predicted molar refractivity (Wildman–Crippen MR) is 143 cm³/mol. The Labute approximate surface area is 203 Å². The van der Waals surface area contributed by atoms with E-state index >= 15 is 0 Å². The second-order valence-corrected chi connectivity index (χ2v) is 9.73. The first-order valence-corrected chi connectivity index (χ1v) is 13.4. The number of phenolic OH excluding ortho intramolecular Hbond substituents is 2. The van der Waals surface area contributed by atoms with Crippen molar-refractivity contribution in [1.29, 1.82) is 0 Å². The molecule has 0 radical (unpaired) electrons. The van der Waals surface area contributed by atoms with Gasteiger partial charge in [0.1, 0.15) is 11.5 Å². The molecule has 0 aliphatic rings. The van der Waals surface area contributed by atoms with Crippen molar-refractivity contribution in [3.8, 4) is 11.5 Å². The molecule has 184 valence electrons. The van der Waals surface area contributed by atoms with Gasteiger partial charge in [-0.15, -0.1) is 0 Å². The molecule has 0 amide bonds. The van der Waals surface area contributed by atoms with Gasteiger partial charge in [-0.25, -0.2) is 0 Å². The SMILES string of the molecule is CCc1c(O)c(CC)c(CC)c(C(C)(C)c2c(CC)c(CC)c(O)c(CC)c2CC)c1CC. The first-order chi connectivity index (χ1) is 15.7. The lowest BCUT2D eigenvalue weighted by Gasteiger charge is -2.38. The Morgan fingerprint density at radius 1 is 0.394 bits per heavy atom. The van der Waals surface area contributed by atoms with E-state index in [4.69, 9.17) is 0 Å². The molecule has 0 saturated heterocycles. The van der Waals surface area contributed by atoms with Gasteiger partial charge in [0.2, 0.25) is 0 Å². The Balaban J connectivity index is 3.20. The largest absolute Gasteiger partial charge is 0.507 e. The van der Waals surface area contributed by atoms with Crippen molar-refractivity contribution < 1.29 is 10.2 Å². The average Bonchev–Trinajstić information content (AvgIpc) is 2.81. The highest BCUT2D eigenvalue weighted by Gasteiger charge is 2.36. The van der Waals surface area contributed by atoms with Crippen LogP contribution in [0.5, 0.6) is 11.5 Å². The molecule has 0 fully saturated rings. The summed E-state index contributed by atoms with van der Waals surface area (Å²) in [6.45, 7) is 22.3. The van der Waals surface area contributed by atoms with Crippen LogP contribution in [0.15, 0.2) is 0 Å². The number of phenols is 2. The molecule has 0 atom stereocenters. The Bertz CT molecular complexity index is 849. The van der Waals surface area contributed by atoms with E-state index in [2.05, 4.69) is 69.2 Å². The Morgan fingerprint density at radius 3 is 0.727 bits per heavy atom. The minimum Gasteiger partial charge on any atom is -0.507 e. The summed E-state index contributed by atoms with van der Waals surface area (Å²) in [5.74, 6) is 1.04. The lowest BCUT2D eigenvalue weighted by atomic mass is 9.66. The number of rotatable bonds is 10. The molecule has 0 spiro atoms. The molecule has 0 aliphatic carbocycles. The molecule has 2 rings (SSSR count). The van der Waals surface area contributed by atoms with Crippen LogP contribution in [0, 0.1) is 0 Å². The fraction of sp³-hybridized carbons (Fsp3) is 0.613. The molecular formula is C31H48O2. The van der Waals surface area contributed by atoms with Crippen LogP contribution in [0.3, 0.4) is 0 Å². The summed E-state index contributed by atoms with van der Waals surface area (Å²) >= 11 is 0. The van der Waals surface area contributed by atoms with Gasteiger partial charge in [-0.1, -0.05) is 69.2 Å². The van der Waals surface area contributed by atoms with Gasteiger partial charge in [-0.2, -0.15) is 0 Å². The molecule has 0 aromatic heterocycles. The van der Waals surface area contributed by atoms with Crippen molar-refractivity contribution in [2.24, 2.45) is 0 Å². The monoisotopic (exact) mass is 452 g/mol. The molecule has 2 nitrogen and oxygen atoms in total. The van der Waals surface area contributed by atoms with Crippen molar-refractivity contribution in [1.82, 2.24) is 0 Å². The van der Waals surface area contributed by atoms with Crippen molar-refractivity contribution in [3.05, 3.63) is 55.6 Å². The van der Waals surface area contributed by atoms with Gasteiger partial charge < -0.3 is 10.2 Å². The van der Waals surface area contributed by atoms with Crippen LogP contribution in [0.1, 0.15) is 125 Å². The van der Waals surface area contributed by atoms with Gasteiger partial charge in [-0.05, 0) is 107 Å². The Kier molecular flexibility index (Phi) is 9.08. The third-order valence-corrected chi connectivity index (χ3v) is 7.89. The summed E-state index contributed by atoms with van der Waals surface area (Å²) in [6, 6.07) is 0. The highest BCUT2D eigenvalue weighted by atomic mass is 16.3. The molecule has 33 heavy (non-hydrogen) atoms. The maximum Gasteiger partial charge on any atom is 0.122 e. The predicted octanol–water partition coefficient (Wildman–Crippen LogP) is 7.92. The van der Waals surface area contributed by atoms with Crippen molar-refractivity contribution in [2.75, 3.05) is 0 Å². The highest BCUT2D eigenvalue weighted by Crippen LogP contribution is 2.48. The minimum atomic E-state index is -0.226. The molecule has 2 heteroatoms. The number of benzene rings is 2. The molecule has 0 saturated carbocycles. The van der Waals surface area contributed by atoms with E-state index in [1.54, 1.807) is 0 Å². The molecule has 2 aromatic carbocycles. The normalized spacial score (nSPS) is 11.9. The van der Waals surface area contributed by atoms with E-state index in [-0.39, 0.29) is 5.41 Å². The van der Waals surface area contributed by atoms with Gasteiger partial charge in [0, 0.05) is 5.41 Å². The number of hydrogen-bond donors (Lipinski definition) is 2. The Morgan fingerprint density at radius 2 is 0.576 bits per heavy atom. The summed E-state index contributed by atoms with van der Waals surface area (Å²) in [4.78, 5) is 0. The molecule has 2 aromatic rings. The number of hydrogen-bond acceptors (Lipinski definition) is 2. The van der Waals surface area contributed by atoms with E-state index in [1.165, 1.54) is 33.4 Å². The summed E-state index contributed by atoms with van der Waals surface area (Å²) < 4.78 is 0. The summed E-state index contributed by atoms with van der Waals surface area (Å²) in [5.41, 5.74) is 12.4. The lowest BCUT2D eigenvalue weighted by molar-refractivity contribution is 0.455. The van der Waals surface area contributed by atoms with Crippen LogP contribution in [-0.4, -0.2) is 10.2 Å². The van der Waals surface area contributed by atoms with Crippen LogP contribution in [-0.2, 0) is 56.8 Å². The van der Waals surface area contributed by atoms with Crippen LogP contribution in [0.2, 0.25) is 0 Å². The van der Waals surface area contributed by atoms with Crippen LogP contribution >= 0.6 is 0 Å². The average molecular weight is 453 g/mol. The lowest BCUT2D eigenvalue weighted by Crippen LogP contribution is -2.29. The summed E-state index contributed by atoms with van der Waals surface area (Å²) in [5, 5.41) is 22.5. The van der Waals surface area contributed by atoms with E-state index < -0.39 is 0 Å². The molecule has 0 aliphatic heterocycles. The highest BCUT2D eigenvalue weighted by molar-refractivity contribution is 5.65. The third kappa shape index (κ3) is 4.31. The number of aromatic hydroxyl groups is 2. The third-order valence-electron chi connectivity index (χ3n) is 7.89. The zero-order chi connectivity index (χ0) is 25.1. The van der Waals surface area contributed by atoms with Crippen LogP contribution in [0.25, 0.3) is 0 Å². The standard InChI is InChI=1S/C31H48O2/c1-11-19-23(15-5)29(32)24(16-6)20(12-2)27(19)31(9,10)28-21(13-3)25(17-7)30(33)26(18-8)22(28)14-4/h32-33H,11-18H2,1-10H3. The van der Waals surface area contributed by atoms with Gasteiger partial charge in [0.05, 0.1) is 0 Å². The zero-order valence-corrected chi connectivity index (χ0v) is 23.1. The maximum absolute atomic E-state index is 11.2. The fourth-order valence-corrected chi connectivity index (χ4v) is 6.62. The first kappa shape index (κ1) is 27.3. The second-order valence-electron chi connectivity index (χ2n) is 9.73. The quantitative estimate of drug-likeness (QED) is 0.384. The van der Waals surface area contributed by atoms with Gasteiger partial charge in [0.25, 0.3) is 0 Å². The van der Waals surface area contributed by atoms with Gasteiger partial charge in [-0.3, -0.25) is 0 Å². The molecule has 2 N–H and O–H groups in total. The maximum atomic E-state index is 11.2. The molecule has 0 unspecified atom stereocenters. The van der Waals surface area contributed by atoms with Gasteiger partial charge >= 0.3 is 0 Å². The van der Waals surface area contributed by atoms with Crippen molar-refractivity contribution in [2.45, 2.75) is 126 Å². The molecular weight excluding hydrogens is 404 g/mol. The van der Waals surface area contributed by atoms with Crippen LogP contribution < -0.4 is 0 Å². The van der Waals surface area contributed by atoms with E-state index in [1.807, 2.05) is 0 Å². The van der Waals surface area contributed by atoms with E-state index in [0.717, 1.165) is 73.6 Å². The van der Waals surface area contributed by atoms with E-state index in [9.17, 15) is 10.2 Å². The molecule has 0 heterocycles. The topological polar surface area (TPSA) is 40.5 Å². The summed E-state index contributed by atoms with van der Waals surface area (Å²) in [6.07, 6.45) is 7.00. The van der Waals surface area contributed by atoms with Crippen LogP contribution in [0.4, 0.5) is 0 Å². The second kappa shape index (κ2) is 11.0.